The summed E-state index contributed by atoms with van der Waals surface area (Å²) in [6.07, 6.45) is 0. The summed E-state index contributed by atoms with van der Waals surface area (Å²) >= 11 is 0. The molecule has 0 spiro atoms. The Bertz CT molecular complexity index is 2150. The molecule has 6 aromatic carbocycles. The van der Waals surface area contributed by atoms with Gasteiger partial charge in [0.2, 0.25) is 0 Å². The summed E-state index contributed by atoms with van der Waals surface area (Å²) in [6, 6.07) is 46.0. The van der Waals surface area contributed by atoms with Gasteiger partial charge in [0.05, 0.1) is 0 Å². The van der Waals surface area contributed by atoms with E-state index in [1.54, 1.807) is 0 Å². The van der Waals surface area contributed by atoms with Gasteiger partial charge in [-0.05, 0) is 47.5 Å². The van der Waals surface area contributed by atoms with E-state index in [1.165, 1.54) is 0 Å². The van der Waals surface area contributed by atoms with Crippen LogP contribution in [0.3, 0.4) is 0 Å². The van der Waals surface area contributed by atoms with Crippen molar-refractivity contribution in [1.29, 1.82) is 0 Å². The molecule has 0 radical (unpaired) electrons. The molecule has 8 rings (SSSR count). The Morgan fingerprint density at radius 1 is 0.385 bits per heavy atom. The Kier molecular flexibility index (Phi) is 4.82. The molecule has 2 heterocycles. The number of furan rings is 2. The summed E-state index contributed by atoms with van der Waals surface area (Å²) in [5, 5.41) is 8.15. The highest BCUT2D eigenvalue weighted by atomic mass is 16.3. The first-order valence-corrected chi connectivity index (χ1v) is 13.1. The van der Waals surface area contributed by atoms with Gasteiger partial charge in [0.15, 0.2) is 0 Å². The Morgan fingerprint density at radius 2 is 1.00 bits per heavy atom. The molecule has 0 amide bonds. The summed E-state index contributed by atoms with van der Waals surface area (Å²) in [5.41, 5.74) is 9.98. The normalized spacial score (nSPS) is 11.6. The highest BCUT2D eigenvalue weighted by Crippen LogP contribution is 2.40. The van der Waals surface area contributed by atoms with Gasteiger partial charge in [-0.1, -0.05) is 97.1 Å². The molecule has 0 unspecified atom stereocenters. The quantitative estimate of drug-likeness (QED) is 0.261. The molecular formula is C36H23NO2. The second-order valence-electron chi connectivity index (χ2n) is 9.85. The standard InChI is InChI=1S/C36H23NO2/c1-2-10-23(11-3-1)31-21-26(22-32-29-15-5-7-19-34(29)39-36(31)32)37-25-13-8-12-24(20-25)27-16-9-17-30-28-14-4-6-18-33(28)38-35(27)30/h1-22,37H. The zero-order valence-corrected chi connectivity index (χ0v) is 21.0. The van der Waals surface area contributed by atoms with Crippen LogP contribution in [0.15, 0.2) is 142 Å². The molecule has 8 aromatic rings. The van der Waals surface area contributed by atoms with E-state index >= 15 is 0 Å². The largest absolute Gasteiger partial charge is 0.455 e. The van der Waals surface area contributed by atoms with Crippen LogP contribution in [0.4, 0.5) is 11.4 Å². The fourth-order valence-electron chi connectivity index (χ4n) is 5.64. The van der Waals surface area contributed by atoms with Gasteiger partial charge >= 0.3 is 0 Å². The molecule has 0 saturated heterocycles. The van der Waals surface area contributed by atoms with Crippen LogP contribution in [0.1, 0.15) is 0 Å². The summed E-state index contributed by atoms with van der Waals surface area (Å²) in [5.74, 6) is 0. The van der Waals surface area contributed by atoms with Crippen LogP contribution in [0.2, 0.25) is 0 Å². The number of nitrogens with one attached hydrogen (secondary N) is 1. The lowest BCUT2D eigenvalue weighted by Crippen LogP contribution is -1.92. The Labute approximate surface area is 224 Å². The lowest BCUT2D eigenvalue weighted by molar-refractivity contribution is 0.669. The maximum absolute atomic E-state index is 6.35. The predicted molar refractivity (Wildman–Crippen MR) is 162 cm³/mol. The predicted octanol–water partition coefficient (Wildman–Crippen LogP) is 10.6. The molecule has 39 heavy (non-hydrogen) atoms. The van der Waals surface area contributed by atoms with Crippen LogP contribution < -0.4 is 5.32 Å². The van der Waals surface area contributed by atoms with E-state index < -0.39 is 0 Å². The topological polar surface area (TPSA) is 38.3 Å². The second kappa shape index (κ2) is 8.64. The van der Waals surface area contributed by atoms with Gasteiger partial charge in [-0.15, -0.1) is 0 Å². The third-order valence-corrected chi connectivity index (χ3v) is 7.43. The van der Waals surface area contributed by atoms with Crippen molar-refractivity contribution in [3.05, 3.63) is 133 Å². The van der Waals surface area contributed by atoms with Crippen molar-refractivity contribution < 1.29 is 8.83 Å². The van der Waals surface area contributed by atoms with Crippen molar-refractivity contribution in [2.24, 2.45) is 0 Å². The molecular weight excluding hydrogens is 478 g/mol. The zero-order chi connectivity index (χ0) is 25.8. The minimum Gasteiger partial charge on any atom is -0.455 e. The van der Waals surface area contributed by atoms with Crippen LogP contribution in [-0.2, 0) is 0 Å². The molecule has 1 N–H and O–H groups in total. The minimum atomic E-state index is 0.891. The van der Waals surface area contributed by atoms with Gasteiger partial charge in [0.1, 0.15) is 22.3 Å². The molecule has 0 aliphatic rings. The highest BCUT2D eigenvalue weighted by molar-refractivity contribution is 6.12. The first-order valence-electron chi connectivity index (χ1n) is 13.1. The lowest BCUT2D eigenvalue weighted by Gasteiger charge is -2.12. The molecule has 0 aliphatic carbocycles. The number of rotatable bonds is 4. The van der Waals surface area contributed by atoms with Gasteiger partial charge < -0.3 is 14.2 Å². The number of fused-ring (bicyclic) bond motifs is 6. The van der Waals surface area contributed by atoms with Crippen LogP contribution in [0.5, 0.6) is 0 Å². The Morgan fingerprint density at radius 3 is 1.79 bits per heavy atom. The van der Waals surface area contributed by atoms with E-state index in [0.717, 1.165) is 77.5 Å². The number of para-hydroxylation sites is 3. The van der Waals surface area contributed by atoms with Crippen molar-refractivity contribution >= 4 is 55.3 Å². The maximum atomic E-state index is 6.35. The summed E-state index contributed by atoms with van der Waals surface area (Å²) < 4.78 is 12.7. The number of anilines is 2. The van der Waals surface area contributed by atoms with E-state index in [1.807, 2.05) is 30.3 Å². The number of hydrogen-bond acceptors (Lipinski definition) is 3. The molecule has 0 fully saturated rings. The highest BCUT2D eigenvalue weighted by Gasteiger charge is 2.15. The SMILES string of the molecule is c1ccc(-c2cc(Nc3cccc(-c4cccc5c4oc4ccccc45)c3)cc3c2oc2ccccc23)cc1. The van der Waals surface area contributed by atoms with E-state index in [4.69, 9.17) is 8.83 Å². The van der Waals surface area contributed by atoms with Gasteiger partial charge in [0, 0.05) is 44.0 Å². The third kappa shape index (κ3) is 3.59. The Hall–Kier alpha value is -5.28. The molecule has 3 nitrogen and oxygen atoms in total. The molecule has 184 valence electrons. The summed E-state index contributed by atoms with van der Waals surface area (Å²) in [6.45, 7) is 0. The zero-order valence-electron chi connectivity index (χ0n) is 21.0. The fraction of sp³-hybridized carbons (Fsp3) is 0. The van der Waals surface area contributed by atoms with Gasteiger partial charge in [0.25, 0.3) is 0 Å². The second-order valence-corrected chi connectivity index (χ2v) is 9.85. The van der Waals surface area contributed by atoms with Crippen molar-refractivity contribution in [3.63, 3.8) is 0 Å². The molecule has 0 aliphatic heterocycles. The monoisotopic (exact) mass is 501 g/mol. The van der Waals surface area contributed by atoms with Gasteiger partial charge in [-0.2, -0.15) is 0 Å². The van der Waals surface area contributed by atoms with Crippen molar-refractivity contribution in [1.82, 2.24) is 0 Å². The van der Waals surface area contributed by atoms with E-state index in [0.29, 0.717) is 0 Å². The van der Waals surface area contributed by atoms with E-state index in [2.05, 4.69) is 108 Å². The first-order chi connectivity index (χ1) is 19.3. The average Bonchev–Trinajstić information content (AvgIpc) is 3.56. The van der Waals surface area contributed by atoms with Gasteiger partial charge in [-0.25, -0.2) is 0 Å². The molecule has 0 atom stereocenters. The Balaban J connectivity index is 1.25. The first kappa shape index (κ1) is 21.8. The average molecular weight is 502 g/mol. The fourth-order valence-corrected chi connectivity index (χ4v) is 5.64. The third-order valence-electron chi connectivity index (χ3n) is 7.43. The summed E-state index contributed by atoms with van der Waals surface area (Å²) in [7, 11) is 0. The molecule has 0 saturated carbocycles. The molecule has 0 bridgehead atoms. The van der Waals surface area contributed by atoms with E-state index in [-0.39, 0.29) is 0 Å². The van der Waals surface area contributed by atoms with Crippen molar-refractivity contribution in [2.75, 3.05) is 5.32 Å². The van der Waals surface area contributed by atoms with Crippen LogP contribution in [-0.4, -0.2) is 0 Å². The molecule has 3 heteroatoms. The summed E-state index contributed by atoms with van der Waals surface area (Å²) in [4.78, 5) is 0. The minimum absolute atomic E-state index is 0.891. The lowest BCUT2D eigenvalue weighted by atomic mass is 10.0. The number of hydrogen-bond donors (Lipinski definition) is 1. The van der Waals surface area contributed by atoms with Crippen LogP contribution >= 0.6 is 0 Å². The molecule has 2 aromatic heterocycles. The number of benzene rings is 6. The van der Waals surface area contributed by atoms with Crippen LogP contribution in [0, 0.1) is 0 Å². The maximum Gasteiger partial charge on any atom is 0.143 e. The smallest absolute Gasteiger partial charge is 0.143 e. The van der Waals surface area contributed by atoms with Crippen LogP contribution in [0.25, 0.3) is 66.1 Å². The van der Waals surface area contributed by atoms with Crippen molar-refractivity contribution in [3.8, 4) is 22.3 Å². The van der Waals surface area contributed by atoms with Gasteiger partial charge in [-0.3, -0.25) is 0 Å². The van der Waals surface area contributed by atoms with E-state index in [9.17, 15) is 0 Å². The van der Waals surface area contributed by atoms with Crippen molar-refractivity contribution in [2.45, 2.75) is 0 Å².